The molecule has 2 atom stereocenters. The van der Waals surface area contributed by atoms with Gasteiger partial charge in [-0.05, 0) is 36.6 Å². The quantitative estimate of drug-likeness (QED) is 0.230. The number of phenols is 1. The number of aryl methyl sites for hydroxylation is 1. The Morgan fingerprint density at radius 3 is 2.57 bits per heavy atom. The van der Waals surface area contributed by atoms with Crippen LogP contribution in [0, 0.1) is 6.92 Å². The minimum absolute atomic E-state index is 0.0966. The molecule has 4 rings (SSSR count). The summed E-state index contributed by atoms with van der Waals surface area (Å²) in [7, 11) is 1.38. The van der Waals surface area contributed by atoms with Crippen molar-refractivity contribution in [1.29, 1.82) is 0 Å². The molecule has 11 heteroatoms. The largest absolute Gasteiger partial charge is 0.504 e. The standard InChI is InChI=1S/C26H26N4O7/c1-14-10-20(32)23(34)24(37-14)17(16-8-9-19(31)21(12-16)36-2)13-22(33)27-18(25-28-26(35)30-29-25)11-15-6-4-3-5-7-15/h3-10,12,17-18,31,34H,11,13H2,1-2H3,(H,27,33)(H2,28,29,30,35). The number of rotatable bonds is 9. The minimum Gasteiger partial charge on any atom is -0.504 e. The minimum atomic E-state index is -0.905. The van der Waals surface area contributed by atoms with Gasteiger partial charge in [0.1, 0.15) is 5.76 Å². The number of aromatic amines is 2. The van der Waals surface area contributed by atoms with E-state index in [0.29, 0.717) is 12.0 Å². The number of methoxy groups -OCH3 is 1. The average molecular weight is 507 g/mol. The van der Waals surface area contributed by atoms with Crippen LogP contribution in [0.25, 0.3) is 0 Å². The number of nitrogens with one attached hydrogen (secondary N) is 3. The molecule has 2 unspecified atom stereocenters. The molecule has 0 spiro atoms. The van der Waals surface area contributed by atoms with E-state index < -0.39 is 34.7 Å². The van der Waals surface area contributed by atoms with E-state index in [4.69, 9.17) is 9.15 Å². The van der Waals surface area contributed by atoms with Gasteiger partial charge in [0.15, 0.2) is 23.1 Å². The van der Waals surface area contributed by atoms with E-state index >= 15 is 0 Å². The number of H-pyrrole nitrogens is 2. The zero-order chi connectivity index (χ0) is 26.5. The van der Waals surface area contributed by atoms with E-state index in [9.17, 15) is 24.6 Å². The van der Waals surface area contributed by atoms with Crippen molar-refractivity contribution in [3.8, 4) is 17.2 Å². The SMILES string of the molecule is COc1cc(C(CC(=O)NC(Cc2ccccc2)c2n[nH]c(=O)[nH]2)c2oc(C)cc(=O)c2O)ccc1O. The fourth-order valence-corrected chi connectivity index (χ4v) is 4.09. The van der Waals surface area contributed by atoms with Gasteiger partial charge in [0.05, 0.1) is 19.1 Å². The second kappa shape index (κ2) is 10.9. The Bertz CT molecular complexity index is 1510. The Kier molecular flexibility index (Phi) is 7.42. The highest BCUT2D eigenvalue weighted by Gasteiger charge is 2.28. The molecular formula is C26H26N4O7. The summed E-state index contributed by atoms with van der Waals surface area (Å²) in [4.78, 5) is 39.9. The van der Waals surface area contributed by atoms with Crippen LogP contribution in [0.4, 0.5) is 0 Å². The number of phenolic OH excluding ortho intramolecular Hbond substituents is 1. The van der Waals surface area contributed by atoms with Crippen molar-refractivity contribution in [1.82, 2.24) is 20.5 Å². The van der Waals surface area contributed by atoms with Crippen LogP contribution in [0.2, 0.25) is 0 Å². The summed E-state index contributed by atoms with van der Waals surface area (Å²) in [6, 6.07) is 14.3. The van der Waals surface area contributed by atoms with Gasteiger partial charge >= 0.3 is 5.69 Å². The van der Waals surface area contributed by atoms with Crippen molar-refractivity contribution in [3.63, 3.8) is 0 Å². The van der Waals surface area contributed by atoms with E-state index in [-0.39, 0.29) is 35.3 Å². The molecule has 0 bridgehead atoms. The number of aromatic nitrogens is 3. The molecule has 0 saturated carbocycles. The first-order valence-corrected chi connectivity index (χ1v) is 11.4. The molecule has 0 saturated heterocycles. The maximum Gasteiger partial charge on any atom is 0.340 e. The second-order valence-electron chi connectivity index (χ2n) is 8.49. The number of hydrogen-bond acceptors (Lipinski definition) is 8. The smallest absolute Gasteiger partial charge is 0.340 e. The lowest BCUT2D eigenvalue weighted by Crippen LogP contribution is -2.32. The van der Waals surface area contributed by atoms with Crippen LogP contribution in [-0.4, -0.2) is 38.4 Å². The Morgan fingerprint density at radius 2 is 1.89 bits per heavy atom. The zero-order valence-corrected chi connectivity index (χ0v) is 20.1. The van der Waals surface area contributed by atoms with Gasteiger partial charge in [0.2, 0.25) is 17.1 Å². The maximum atomic E-state index is 13.4. The first-order chi connectivity index (χ1) is 17.7. The van der Waals surface area contributed by atoms with Crippen LogP contribution in [-0.2, 0) is 11.2 Å². The van der Waals surface area contributed by atoms with Crippen molar-refractivity contribution in [2.24, 2.45) is 0 Å². The van der Waals surface area contributed by atoms with E-state index in [1.165, 1.54) is 19.2 Å². The molecule has 5 N–H and O–H groups in total. The van der Waals surface area contributed by atoms with E-state index in [1.54, 1.807) is 13.0 Å². The lowest BCUT2D eigenvalue weighted by atomic mass is 9.91. The fraction of sp³-hybridized carbons (Fsp3) is 0.231. The average Bonchev–Trinajstić information content (AvgIpc) is 3.32. The van der Waals surface area contributed by atoms with Crippen LogP contribution in [0.5, 0.6) is 17.2 Å². The molecule has 2 heterocycles. The van der Waals surface area contributed by atoms with Crippen LogP contribution < -0.4 is 21.2 Å². The normalized spacial score (nSPS) is 12.6. The van der Waals surface area contributed by atoms with Gasteiger partial charge in [-0.1, -0.05) is 36.4 Å². The lowest BCUT2D eigenvalue weighted by Gasteiger charge is -2.21. The molecule has 0 aliphatic heterocycles. The van der Waals surface area contributed by atoms with E-state index in [0.717, 1.165) is 11.6 Å². The predicted octanol–water partition coefficient (Wildman–Crippen LogP) is 2.40. The first-order valence-electron chi connectivity index (χ1n) is 11.4. The molecule has 2 aromatic carbocycles. The summed E-state index contributed by atoms with van der Waals surface area (Å²) in [5, 5.41) is 29.7. The summed E-state index contributed by atoms with van der Waals surface area (Å²) < 4.78 is 10.9. The molecule has 1 amide bonds. The van der Waals surface area contributed by atoms with Crippen LogP contribution in [0.1, 0.15) is 46.9 Å². The van der Waals surface area contributed by atoms with Crippen LogP contribution >= 0.6 is 0 Å². The van der Waals surface area contributed by atoms with Crippen molar-refractivity contribution < 1.29 is 24.2 Å². The fourth-order valence-electron chi connectivity index (χ4n) is 4.09. The Labute approximate surface area is 210 Å². The van der Waals surface area contributed by atoms with Gasteiger partial charge in [-0.15, -0.1) is 0 Å². The van der Waals surface area contributed by atoms with Crippen LogP contribution in [0.3, 0.4) is 0 Å². The molecule has 0 fully saturated rings. The number of amides is 1. The summed E-state index contributed by atoms with van der Waals surface area (Å²) in [6.07, 6.45) is 0.101. The third-order valence-electron chi connectivity index (χ3n) is 5.85. The molecule has 2 aromatic heterocycles. The molecule has 0 radical (unpaired) electrons. The maximum absolute atomic E-state index is 13.4. The van der Waals surface area contributed by atoms with E-state index in [2.05, 4.69) is 20.5 Å². The number of benzene rings is 2. The highest BCUT2D eigenvalue weighted by Crippen LogP contribution is 2.37. The summed E-state index contributed by atoms with van der Waals surface area (Å²) >= 11 is 0. The third kappa shape index (κ3) is 5.89. The highest BCUT2D eigenvalue weighted by molar-refractivity contribution is 5.78. The second-order valence-corrected chi connectivity index (χ2v) is 8.49. The van der Waals surface area contributed by atoms with Crippen molar-refractivity contribution in [3.05, 3.63) is 104 Å². The van der Waals surface area contributed by atoms with Crippen molar-refractivity contribution in [2.45, 2.75) is 31.7 Å². The Balaban J connectivity index is 1.69. The van der Waals surface area contributed by atoms with Gasteiger partial charge in [0, 0.05) is 12.5 Å². The number of nitrogens with zero attached hydrogens (tertiary/aromatic N) is 1. The Morgan fingerprint density at radius 1 is 1.14 bits per heavy atom. The number of hydrogen-bond donors (Lipinski definition) is 5. The number of aromatic hydroxyl groups is 2. The third-order valence-corrected chi connectivity index (χ3v) is 5.85. The lowest BCUT2D eigenvalue weighted by molar-refractivity contribution is -0.122. The van der Waals surface area contributed by atoms with Gasteiger partial charge in [0.25, 0.3) is 0 Å². The van der Waals surface area contributed by atoms with E-state index in [1.807, 2.05) is 30.3 Å². The van der Waals surface area contributed by atoms with Crippen LogP contribution in [0.15, 0.2) is 68.6 Å². The molecule has 0 aliphatic rings. The van der Waals surface area contributed by atoms with Gasteiger partial charge in [-0.25, -0.2) is 9.89 Å². The zero-order valence-electron chi connectivity index (χ0n) is 20.1. The number of carbonyl (C=O) groups excluding carboxylic acids is 1. The summed E-state index contributed by atoms with van der Waals surface area (Å²) in [6.45, 7) is 1.56. The number of carbonyl (C=O) groups is 1. The molecular weight excluding hydrogens is 480 g/mol. The molecule has 4 aromatic rings. The van der Waals surface area contributed by atoms with Crippen molar-refractivity contribution >= 4 is 5.91 Å². The van der Waals surface area contributed by atoms with Gasteiger partial charge < -0.3 is 24.7 Å². The molecule has 192 valence electrons. The monoisotopic (exact) mass is 506 g/mol. The topological polar surface area (TPSA) is 171 Å². The molecule has 0 aliphatic carbocycles. The van der Waals surface area contributed by atoms with Gasteiger partial charge in [-0.3, -0.25) is 14.6 Å². The summed E-state index contributed by atoms with van der Waals surface area (Å²) in [5.41, 5.74) is 0.203. The van der Waals surface area contributed by atoms with Gasteiger partial charge in [-0.2, -0.15) is 5.10 Å². The van der Waals surface area contributed by atoms with Crippen molar-refractivity contribution in [2.75, 3.05) is 7.11 Å². The number of ether oxygens (including phenoxy) is 1. The predicted molar refractivity (Wildman–Crippen MR) is 133 cm³/mol. The first kappa shape index (κ1) is 25.3. The highest BCUT2D eigenvalue weighted by atomic mass is 16.5. The molecule has 37 heavy (non-hydrogen) atoms. The Hall–Kier alpha value is -4.80. The summed E-state index contributed by atoms with van der Waals surface area (Å²) in [5.74, 6) is -1.56. The molecule has 11 nitrogen and oxygen atoms in total.